The highest BCUT2D eigenvalue weighted by Gasteiger charge is 1.91. The van der Waals surface area contributed by atoms with Gasteiger partial charge in [0.05, 0.1) is 12.8 Å². The zero-order valence-corrected chi connectivity index (χ0v) is 9.26. The summed E-state index contributed by atoms with van der Waals surface area (Å²) < 4.78 is 4.92. The van der Waals surface area contributed by atoms with E-state index in [0.717, 1.165) is 11.4 Å². The Hall–Kier alpha value is -2.16. The topological polar surface area (TPSA) is 61.3 Å². The van der Waals surface area contributed by atoms with E-state index in [1.54, 1.807) is 13.2 Å². The van der Waals surface area contributed by atoms with Crippen molar-refractivity contribution in [3.8, 4) is 5.75 Å². The van der Waals surface area contributed by atoms with Gasteiger partial charge in [0.25, 0.3) is 0 Å². The fraction of sp³-hybridized carbons (Fsp3) is 0.0769. The normalized spacial score (nSPS) is 8.81. The molecule has 16 heavy (non-hydrogen) atoms. The van der Waals surface area contributed by atoms with E-state index < -0.39 is 0 Å². The first-order valence-corrected chi connectivity index (χ1v) is 4.93. The van der Waals surface area contributed by atoms with Gasteiger partial charge in [-0.1, -0.05) is 30.3 Å². The standard InChI is InChI=1S/C7H9NO.C6H7N/c1-9-7-5-3-2-4-6(7)8;7-6-4-2-1-3-5-6/h2-5H,8H2,1H3;1-5H,7H2. The number of nitrogens with two attached hydrogens (primary N) is 2. The maximum absolute atomic E-state index is 5.51. The molecule has 2 aromatic carbocycles. The average molecular weight is 216 g/mol. The molecule has 0 aliphatic rings. The van der Waals surface area contributed by atoms with E-state index in [1.807, 2.05) is 48.5 Å². The number of para-hydroxylation sites is 3. The lowest BCUT2D eigenvalue weighted by atomic mass is 10.3. The van der Waals surface area contributed by atoms with E-state index in [9.17, 15) is 0 Å². The van der Waals surface area contributed by atoms with Crippen molar-refractivity contribution in [3.63, 3.8) is 0 Å². The Morgan fingerprint density at radius 3 is 1.75 bits per heavy atom. The van der Waals surface area contributed by atoms with Gasteiger partial charge >= 0.3 is 0 Å². The minimum absolute atomic E-state index is 0.681. The van der Waals surface area contributed by atoms with Gasteiger partial charge in [0.2, 0.25) is 0 Å². The molecule has 0 aliphatic carbocycles. The number of ether oxygens (including phenoxy) is 1. The number of benzene rings is 2. The SMILES string of the molecule is COc1ccccc1N.Nc1ccccc1. The molecule has 0 spiro atoms. The number of nitrogen functional groups attached to an aromatic ring is 2. The molecule has 0 amide bonds. The van der Waals surface area contributed by atoms with Crippen molar-refractivity contribution >= 4 is 11.4 Å². The predicted molar refractivity (Wildman–Crippen MR) is 68.3 cm³/mol. The molecule has 0 unspecified atom stereocenters. The summed E-state index contributed by atoms with van der Waals surface area (Å²) in [6.07, 6.45) is 0. The van der Waals surface area contributed by atoms with Crippen LogP contribution in [0.2, 0.25) is 0 Å². The van der Waals surface area contributed by atoms with Gasteiger partial charge < -0.3 is 16.2 Å². The van der Waals surface area contributed by atoms with Gasteiger partial charge in [0, 0.05) is 5.69 Å². The minimum Gasteiger partial charge on any atom is -0.495 e. The smallest absolute Gasteiger partial charge is 0.141 e. The number of hydrogen-bond acceptors (Lipinski definition) is 3. The van der Waals surface area contributed by atoms with Crippen LogP contribution in [0, 0.1) is 0 Å². The zero-order valence-electron chi connectivity index (χ0n) is 9.26. The van der Waals surface area contributed by atoms with Crippen LogP contribution in [0.25, 0.3) is 0 Å². The van der Waals surface area contributed by atoms with Gasteiger partial charge in [-0.25, -0.2) is 0 Å². The lowest BCUT2D eigenvalue weighted by molar-refractivity contribution is 0.417. The molecule has 0 aliphatic heterocycles. The highest BCUT2D eigenvalue weighted by molar-refractivity contribution is 5.51. The zero-order chi connectivity index (χ0) is 11.8. The lowest BCUT2D eigenvalue weighted by Gasteiger charge is -2.00. The van der Waals surface area contributed by atoms with Crippen LogP contribution in [-0.4, -0.2) is 7.11 Å². The molecule has 84 valence electrons. The number of rotatable bonds is 1. The monoisotopic (exact) mass is 216 g/mol. The van der Waals surface area contributed by atoms with Gasteiger partial charge in [-0.15, -0.1) is 0 Å². The Morgan fingerprint density at radius 1 is 0.812 bits per heavy atom. The van der Waals surface area contributed by atoms with Crippen molar-refractivity contribution in [1.29, 1.82) is 0 Å². The highest BCUT2D eigenvalue weighted by atomic mass is 16.5. The molecule has 0 fully saturated rings. The third-order valence-corrected chi connectivity index (χ3v) is 1.94. The van der Waals surface area contributed by atoms with Crippen molar-refractivity contribution in [2.45, 2.75) is 0 Å². The van der Waals surface area contributed by atoms with Crippen molar-refractivity contribution in [2.75, 3.05) is 18.6 Å². The second-order valence-corrected chi connectivity index (χ2v) is 3.15. The molecule has 0 aromatic heterocycles. The number of hydrogen-bond donors (Lipinski definition) is 2. The van der Waals surface area contributed by atoms with Crippen LogP contribution >= 0.6 is 0 Å². The quantitative estimate of drug-likeness (QED) is 0.720. The molecule has 2 rings (SSSR count). The van der Waals surface area contributed by atoms with Gasteiger partial charge in [-0.05, 0) is 24.3 Å². The van der Waals surface area contributed by atoms with E-state index in [2.05, 4.69) is 0 Å². The van der Waals surface area contributed by atoms with E-state index in [1.165, 1.54) is 0 Å². The fourth-order valence-corrected chi connectivity index (χ4v) is 1.12. The second-order valence-electron chi connectivity index (χ2n) is 3.15. The van der Waals surface area contributed by atoms with Gasteiger partial charge in [-0.2, -0.15) is 0 Å². The molecule has 0 saturated carbocycles. The molecule has 3 heteroatoms. The molecular formula is C13H16N2O. The average Bonchev–Trinajstić information content (AvgIpc) is 2.31. The van der Waals surface area contributed by atoms with Crippen molar-refractivity contribution < 1.29 is 4.74 Å². The summed E-state index contributed by atoms with van der Waals surface area (Å²) in [6.45, 7) is 0. The fourth-order valence-electron chi connectivity index (χ4n) is 1.12. The van der Waals surface area contributed by atoms with Crippen LogP contribution in [-0.2, 0) is 0 Å². The second kappa shape index (κ2) is 6.35. The van der Waals surface area contributed by atoms with Gasteiger partial charge in [0.15, 0.2) is 0 Å². The highest BCUT2D eigenvalue weighted by Crippen LogP contribution is 2.18. The van der Waals surface area contributed by atoms with Crippen LogP contribution in [0.3, 0.4) is 0 Å². The first-order valence-electron chi connectivity index (χ1n) is 4.93. The van der Waals surface area contributed by atoms with Crippen LogP contribution in [0.1, 0.15) is 0 Å². The van der Waals surface area contributed by atoms with Crippen molar-refractivity contribution in [1.82, 2.24) is 0 Å². The first kappa shape index (κ1) is 11.9. The Kier molecular flexibility index (Phi) is 4.73. The lowest BCUT2D eigenvalue weighted by Crippen LogP contribution is -1.89. The van der Waals surface area contributed by atoms with Gasteiger partial charge in [-0.3, -0.25) is 0 Å². The van der Waals surface area contributed by atoms with Crippen LogP contribution in [0.15, 0.2) is 54.6 Å². The third-order valence-electron chi connectivity index (χ3n) is 1.94. The minimum atomic E-state index is 0.681. The van der Waals surface area contributed by atoms with Crippen LogP contribution in [0.5, 0.6) is 5.75 Å². The molecule has 0 saturated heterocycles. The van der Waals surface area contributed by atoms with E-state index >= 15 is 0 Å². The largest absolute Gasteiger partial charge is 0.495 e. The number of methoxy groups -OCH3 is 1. The molecule has 3 nitrogen and oxygen atoms in total. The van der Waals surface area contributed by atoms with Crippen molar-refractivity contribution in [2.24, 2.45) is 0 Å². The van der Waals surface area contributed by atoms with E-state index in [-0.39, 0.29) is 0 Å². The Balaban J connectivity index is 0.000000165. The molecule has 2 aromatic rings. The molecular weight excluding hydrogens is 200 g/mol. The molecule has 0 atom stereocenters. The molecule has 0 bridgehead atoms. The summed E-state index contributed by atoms with van der Waals surface area (Å²) in [5.74, 6) is 0.734. The van der Waals surface area contributed by atoms with Crippen molar-refractivity contribution in [3.05, 3.63) is 54.6 Å². The maximum Gasteiger partial charge on any atom is 0.141 e. The Morgan fingerprint density at radius 2 is 1.38 bits per heavy atom. The van der Waals surface area contributed by atoms with E-state index in [0.29, 0.717) is 5.69 Å². The Bertz CT molecular complexity index is 415. The summed E-state index contributed by atoms with van der Waals surface area (Å²) in [4.78, 5) is 0. The van der Waals surface area contributed by atoms with E-state index in [4.69, 9.17) is 16.2 Å². The predicted octanol–water partition coefficient (Wildman–Crippen LogP) is 2.55. The Labute approximate surface area is 95.7 Å². The molecule has 4 N–H and O–H groups in total. The summed E-state index contributed by atoms with van der Waals surface area (Å²) in [5.41, 5.74) is 12.4. The van der Waals surface area contributed by atoms with Crippen LogP contribution < -0.4 is 16.2 Å². The molecule has 0 heterocycles. The summed E-state index contributed by atoms with van der Waals surface area (Å²) >= 11 is 0. The summed E-state index contributed by atoms with van der Waals surface area (Å²) in [7, 11) is 1.60. The first-order chi connectivity index (χ1) is 7.74. The summed E-state index contributed by atoms with van der Waals surface area (Å²) in [5, 5.41) is 0. The third kappa shape index (κ3) is 3.92. The molecule has 0 radical (unpaired) electrons. The number of anilines is 2. The summed E-state index contributed by atoms with van der Waals surface area (Å²) in [6, 6.07) is 16.9. The van der Waals surface area contributed by atoms with Crippen LogP contribution in [0.4, 0.5) is 11.4 Å². The maximum atomic E-state index is 5.51. The van der Waals surface area contributed by atoms with Gasteiger partial charge in [0.1, 0.15) is 5.75 Å².